The summed E-state index contributed by atoms with van der Waals surface area (Å²) in [5.41, 5.74) is 10.1. The number of pyridine rings is 1. The summed E-state index contributed by atoms with van der Waals surface area (Å²) in [6.45, 7) is 13.7. The number of nitrogens with one attached hydrogen (secondary N) is 1. The zero-order valence-electron chi connectivity index (χ0n) is 26.7. The largest absolute Gasteiger partial charge is 0.444 e. The molecule has 3 aliphatic rings. The van der Waals surface area contributed by atoms with Crippen molar-refractivity contribution in [3.05, 3.63) is 88.6 Å². The minimum absolute atomic E-state index is 0.247. The molecule has 3 N–H and O–H groups in total. The molecular weight excluding hydrogens is 592 g/mol. The molecule has 240 valence electrons. The Balaban J connectivity index is 1.57. The van der Waals surface area contributed by atoms with E-state index in [9.17, 15) is 9.59 Å². The molecule has 2 amide bonds. The summed E-state index contributed by atoms with van der Waals surface area (Å²) in [7, 11) is 1.83. The Bertz CT molecular complexity index is 1520. The van der Waals surface area contributed by atoms with Crippen LogP contribution in [-0.4, -0.2) is 82.3 Å². The number of likely N-dealkylation sites (N-methyl/N-ethyl adjacent to an activating group) is 1. The van der Waals surface area contributed by atoms with E-state index in [1.165, 1.54) is 6.20 Å². The molecule has 2 fully saturated rings. The Morgan fingerprint density at radius 2 is 1.93 bits per heavy atom. The van der Waals surface area contributed by atoms with Crippen LogP contribution in [0.2, 0.25) is 5.02 Å². The summed E-state index contributed by atoms with van der Waals surface area (Å²) in [5, 5.41) is 3.65. The molecular formula is C34H43ClN6O4. The van der Waals surface area contributed by atoms with Gasteiger partial charge in [0.2, 0.25) is 0 Å². The number of nitrogens with zero attached hydrogens (tertiary/aromatic N) is 4. The fraction of sp³-hybridized carbons (Fsp3) is 0.441. The summed E-state index contributed by atoms with van der Waals surface area (Å²) in [6.07, 6.45) is 7.73. The topological polar surface area (TPSA) is 113 Å². The molecule has 0 spiro atoms. The van der Waals surface area contributed by atoms with Gasteiger partial charge in [-0.1, -0.05) is 30.3 Å². The third-order valence-corrected chi connectivity index (χ3v) is 8.64. The molecule has 1 saturated heterocycles. The maximum atomic E-state index is 13.3. The van der Waals surface area contributed by atoms with E-state index in [2.05, 4.69) is 16.8 Å². The molecule has 2 heterocycles. The van der Waals surface area contributed by atoms with Gasteiger partial charge in [-0.05, 0) is 93.3 Å². The van der Waals surface area contributed by atoms with Crippen molar-refractivity contribution in [2.24, 2.45) is 5.73 Å². The number of carbonyl (C=O) groups excluding carboxylic acids is 2. The summed E-state index contributed by atoms with van der Waals surface area (Å²) >= 11 is 6.66. The van der Waals surface area contributed by atoms with Gasteiger partial charge in [-0.2, -0.15) is 0 Å². The van der Waals surface area contributed by atoms with E-state index < -0.39 is 23.3 Å². The number of ether oxygens (including phenoxy) is 2. The maximum absolute atomic E-state index is 13.3. The molecule has 1 aromatic carbocycles. The molecule has 1 saturated carbocycles. The van der Waals surface area contributed by atoms with E-state index in [0.29, 0.717) is 36.9 Å². The molecule has 0 unspecified atom stereocenters. The summed E-state index contributed by atoms with van der Waals surface area (Å²) < 4.78 is 11.4. The van der Waals surface area contributed by atoms with Gasteiger partial charge in [-0.3, -0.25) is 9.88 Å². The van der Waals surface area contributed by atoms with E-state index in [0.717, 1.165) is 40.8 Å². The fourth-order valence-electron chi connectivity index (χ4n) is 5.77. The lowest BCUT2D eigenvalue weighted by Crippen LogP contribution is -2.51. The monoisotopic (exact) mass is 634 g/mol. The van der Waals surface area contributed by atoms with Crippen LogP contribution >= 0.6 is 11.6 Å². The number of fused-ring (bicyclic) bond motifs is 2. The molecule has 10 nitrogen and oxygen atoms in total. The number of amides is 2. The smallest absolute Gasteiger partial charge is 0.410 e. The average molecular weight is 635 g/mol. The highest BCUT2D eigenvalue weighted by Gasteiger charge is 2.43. The molecule has 2 aromatic rings. The summed E-state index contributed by atoms with van der Waals surface area (Å²) in [6, 6.07) is 8.77. The molecule has 45 heavy (non-hydrogen) atoms. The van der Waals surface area contributed by atoms with Gasteiger partial charge < -0.3 is 30.3 Å². The first-order valence-electron chi connectivity index (χ1n) is 15.3. The Hall–Kier alpha value is -4.02. The van der Waals surface area contributed by atoms with Crippen molar-refractivity contribution < 1.29 is 19.1 Å². The van der Waals surface area contributed by atoms with Gasteiger partial charge in [0.1, 0.15) is 11.2 Å². The van der Waals surface area contributed by atoms with E-state index in [1.54, 1.807) is 22.2 Å². The van der Waals surface area contributed by atoms with Gasteiger partial charge in [0.25, 0.3) is 0 Å². The SMILES string of the molecule is C=CN(C)/C(=C\N)[C@H](NC(=O)OC1(C)CC1)C1=Cc2cccnc2[C@@H](N2CCN(C(=O)OC(C)(C)C)CC2)c2ccc(Cl)cc21. The molecule has 2 atom stereocenters. The summed E-state index contributed by atoms with van der Waals surface area (Å²) in [5.74, 6) is 0. The van der Waals surface area contributed by atoms with E-state index in [4.69, 9.17) is 31.8 Å². The van der Waals surface area contributed by atoms with E-state index in [1.807, 2.05) is 71.2 Å². The van der Waals surface area contributed by atoms with Gasteiger partial charge in [0, 0.05) is 50.6 Å². The highest BCUT2D eigenvalue weighted by Crippen LogP contribution is 2.43. The number of benzene rings is 1. The van der Waals surface area contributed by atoms with Crippen molar-refractivity contribution >= 4 is 35.4 Å². The number of carbonyl (C=O) groups is 2. The Labute approximate surface area is 270 Å². The number of nitrogens with two attached hydrogens (primary N) is 1. The highest BCUT2D eigenvalue weighted by molar-refractivity contribution is 6.30. The number of rotatable bonds is 7. The third kappa shape index (κ3) is 7.28. The average Bonchev–Trinajstić information content (AvgIpc) is 3.74. The van der Waals surface area contributed by atoms with Crippen LogP contribution in [0.3, 0.4) is 0 Å². The number of halogens is 1. The van der Waals surface area contributed by atoms with E-state index in [-0.39, 0.29) is 12.1 Å². The number of piperazine rings is 1. The van der Waals surface area contributed by atoms with Crippen molar-refractivity contribution in [3.8, 4) is 0 Å². The lowest BCUT2D eigenvalue weighted by atomic mass is 9.89. The summed E-state index contributed by atoms with van der Waals surface area (Å²) in [4.78, 5) is 36.9. The van der Waals surface area contributed by atoms with Crippen molar-refractivity contribution in [2.75, 3.05) is 33.2 Å². The van der Waals surface area contributed by atoms with Gasteiger partial charge >= 0.3 is 12.2 Å². The minimum atomic E-state index is -0.708. The second-order valence-electron chi connectivity index (χ2n) is 13.0. The zero-order valence-corrected chi connectivity index (χ0v) is 27.4. The first-order chi connectivity index (χ1) is 21.3. The zero-order chi connectivity index (χ0) is 32.5. The maximum Gasteiger partial charge on any atom is 0.410 e. The molecule has 1 aliphatic heterocycles. The van der Waals surface area contributed by atoms with Gasteiger partial charge in [-0.25, -0.2) is 9.59 Å². The molecule has 1 aromatic heterocycles. The van der Waals surface area contributed by atoms with Gasteiger partial charge in [0.05, 0.1) is 23.5 Å². The number of hydrogen-bond acceptors (Lipinski definition) is 8. The normalized spacial score (nSPS) is 20.0. The molecule has 0 radical (unpaired) electrons. The lowest BCUT2D eigenvalue weighted by Gasteiger charge is -2.40. The first kappa shape index (κ1) is 32.4. The predicted molar refractivity (Wildman–Crippen MR) is 176 cm³/mol. The highest BCUT2D eigenvalue weighted by atomic mass is 35.5. The van der Waals surface area contributed by atoms with Crippen LogP contribution in [0.5, 0.6) is 0 Å². The Morgan fingerprint density at radius 1 is 1.22 bits per heavy atom. The van der Waals surface area contributed by atoms with Crippen LogP contribution in [-0.2, 0) is 9.47 Å². The first-order valence-corrected chi connectivity index (χ1v) is 15.7. The van der Waals surface area contributed by atoms with Crippen LogP contribution in [0, 0.1) is 0 Å². The van der Waals surface area contributed by atoms with Gasteiger partial charge in [0.15, 0.2) is 0 Å². The Morgan fingerprint density at radius 3 is 2.56 bits per heavy atom. The molecule has 2 aliphatic carbocycles. The minimum Gasteiger partial charge on any atom is -0.444 e. The van der Waals surface area contributed by atoms with Crippen LogP contribution in [0.25, 0.3) is 11.6 Å². The van der Waals surface area contributed by atoms with Crippen molar-refractivity contribution in [3.63, 3.8) is 0 Å². The molecule has 11 heteroatoms. The van der Waals surface area contributed by atoms with Crippen LogP contribution in [0.15, 0.2) is 61.2 Å². The second kappa shape index (κ2) is 12.8. The number of hydrogen-bond donors (Lipinski definition) is 2. The van der Waals surface area contributed by atoms with Crippen molar-refractivity contribution in [1.29, 1.82) is 0 Å². The second-order valence-corrected chi connectivity index (χ2v) is 13.5. The molecule has 5 rings (SSSR count). The number of aromatic nitrogens is 1. The standard InChI is InChI=1S/C34H43ClN6O4/c1-7-39(6)27(21-36)29(38-31(42)44-34(5)12-13-34)26-19-22-9-8-14-37-28(22)30(24-11-10-23(35)20-25(24)26)40-15-17-41(18-16-40)32(43)45-33(2,3)4/h7-11,14,19-21,29-30H,1,12-13,15-18,36H2,2-6H3,(H,38,42)/b27-21-/t29-,30+/m1/s1. The Kier molecular flexibility index (Phi) is 9.19. The quantitative estimate of drug-likeness (QED) is 0.396. The van der Waals surface area contributed by atoms with Gasteiger partial charge in [-0.15, -0.1) is 0 Å². The van der Waals surface area contributed by atoms with Crippen LogP contribution in [0.4, 0.5) is 9.59 Å². The third-order valence-electron chi connectivity index (χ3n) is 8.41. The van der Waals surface area contributed by atoms with E-state index >= 15 is 0 Å². The van der Waals surface area contributed by atoms with Crippen LogP contribution < -0.4 is 11.1 Å². The van der Waals surface area contributed by atoms with Crippen molar-refractivity contribution in [1.82, 2.24) is 25.0 Å². The lowest BCUT2D eigenvalue weighted by molar-refractivity contribution is 0.0117. The predicted octanol–water partition coefficient (Wildman–Crippen LogP) is 5.75. The molecule has 0 bridgehead atoms. The fourth-order valence-corrected chi connectivity index (χ4v) is 5.94. The van der Waals surface area contributed by atoms with Crippen molar-refractivity contribution in [2.45, 2.75) is 63.8 Å². The van der Waals surface area contributed by atoms with Crippen LogP contribution in [0.1, 0.15) is 69.0 Å². The number of alkyl carbamates (subject to hydrolysis) is 1.